The molecule has 56 heavy (non-hydrogen) atoms. The lowest BCUT2D eigenvalue weighted by Gasteiger charge is -2.44. The number of nitrogens with two attached hydrogens (primary N) is 1. The van der Waals surface area contributed by atoms with Gasteiger partial charge in [0.25, 0.3) is 17.7 Å². The van der Waals surface area contributed by atoms with Crippen molar-refractivity contribution >= 4 is 52.8 Å². The van der Waals surface area contributed by atoms with Crippen LogP contribution in [0, 0.1) is 5.92 Å². The van der Waals surface area contributed by atoms with Gasteiger partial charge in [-0.25, -0.2) is 0 Å². The maximum Gasteiger partial charge on any atom is 0.416 e. The molecule has 5 heterocycles. The maximum absolute atomic E-state index is 13.5. The molecule has 0 saturated carbocycles. The Bertz CT molecular complexity index is 2130. The molecule has 14 nitrogen and oxygen atoms in total. The quantitative estimate of drug-likeness (QED) is 0.202. The number of alkyl halides is 3. The summed E-state index contributed by atoms with van der Waals surface area (Å²) in [5, 5.41) is 9.45. The summed E-state index contributed by atoms with van der Waals surface area (Å²) in [6.45, 7) is 7.66. The molecule has 17 heteroatoms. The van der Waals surface area contributed by atoms with Gasteiger partial charge in [0.05, 0.1) is 34.3 Å². The van der Waals surface area contributed by atoms with Gasteiger partial charge < -0.3 is 20.9 Å². The van der Waals surface area contributed by atoms with Crippen LogP contribution in [0.15, 0.2) is 66.1 Å². The van der Waals surface area contributed by atoms with E-state index in [0.29, 0.717) is 5.92 Å². The fourth-order valence-electron chi connectivity index (χ4n) is 7.69. The lowest BCUT2D eigenvalue weighted by Crippen LogP contribution is -2.54. The fraction of sp³-hybridized carbons (Fsp3) is 0.410. The van der Waals surface area contributed by atoms with Gasteiger partial charge in [0, 0.05) is 50.1 Å². The van der Waals surface area contributed by atoms with E-state index in [2.05, 4.69) is 30.5 Å². The molecule has 4 aliphatic rings. The Hall–Kier alpha value is -5.84. The Morgan fingerprint density at radius 2 is 1.75 bits per heavy atom. The van der Waals surface area contributed by atoms with Gasteiger partial charge in [-0.3, -0.25) is 43.9 Å². The first-order chi connectivity index (χ1) is 26.6. The standard InChI is InChI=1S/C39H42F3N9O5/c1-38(2,37(56)46-30-7-4-26(39(40,41)42)16-31(30)44-13-3-12-43)50-22-25(18-45-50)24-10-14-48(15-11-24)19-23-20-49(21-23)27-5-6-28-29(17-27)36(55)51(35(28)54)32-8-9-33(52)47-34(32)53/h3-7,12-13,16-18,22-24,32H,8-11,14-15,19-21,43H2,1-2H3,(H,46,56)(H,47,52,53). The molecule has 3 fully saturated rings. The number of allylic oxidation sites excluding steroid dienone is 1. The number of nitrogens with zero attached hydrogens (tertiary/aromatic N) is 6. The second-order valence-electron chi connectivity index (χ2n) is 15.1. The third-order valence-electron chi connectivity index (χ3n) is 11.0. The van der Waals surface area contributed by atoms with E-state index in [1.54, 1.807) is 36.9 Å². The number of rotatable bonds is 10. The number of aliphatic imine (C=N–C) groups is 1. The molecule has 3 aromatic rings. The van der Waals surface area contributed by atoms with Crippen LogP contribution < -0.4 is 21.3 Å². The fourth-order valence-corrected chi connectivity index (χ4v) is 7.69. The Morgan fingerprint density at radius 1 is 1.02 bits per heavy atom. The summed E-state index contributed by atoms with van der Waals surface area (Å²) in [5.41, 5.74) is 5.67. The molecule has 1 aromatic heterocycles. The van der Waals surface area contributed by atoms with Gasteiger partial charge in [0.2, 0.25) is 11.8 Å². The number of anilines is 2. The number of amides is 5. The molecule has 0 aliphatic carbocycles. The summed E-state index contributed by atoms with van der Waals surface area (Å²) in [4.78, 5) is 73.4. The molecule has 1 unspecified atom stereocenters. The van der Waals surface area contributed by atoms with Crippen LogP contribution in [0.4, 0.5) is 30.2 Å². The predicted molar refractivity (Wildman–Crippen MR) is 200 cm³/mol. The van der Waals surface area contributed by atoms with Crippen molar-refractivity contribution in [3.8, 4) is 0 Å². The Labute approximate surface area is 320 Å². The summed E-state index contributed by atoms with van der Waals surface area (Å²) >= 11 is 0. The van der Waals surface area contributed by atoms with Gasteiger partial charge in [-0.05, 0) is 106 Å². The molecular formula is C39H42F3N9O5. The number of piperidine rings is 2. The Balaban J connectivity index is 0.905. The van der Waals surface area contributed by atoms with Crippen LogP contribution in [0.5, 0.6) is 0 Å². The van der Waals surface area contributed by atoms with Gasteiger partial charge in [-0.1, -0.05) is 0 Å². The molecular weight excluding hydrogens is 731 g/mol. The van der Waals surface area contributed by atoms with E-state index in [0.717, 1.165) is 73.8 Å². The Kier molecular flexibility index (Phi) is 10.3. The first kappa shape index (κ1) is 38.4. The molecule has 7 rings (SSSR count). The SMILES string of the molecule is CC(C)(C(=O)Nc1ccc(C(F)(F)F)cc1N=CC=CN)n1cc(C2CCN(CC3CN(c4ccc5c(c4)C(=O)N(C4CCC(=O)NC4=O)C5=O)C3)CC2)cn1. The number of hydrogen-bond acceptors (Lipinski definition) is 10. The van der Waals surface area contributed by atoms with Gasteiger partial charge in [0.1, 0.15) is 11.6 Å². The van der Waals surface area contributed by atoms with Crippen LogP contribution in [0.2, 0.25) is 0 Å². The van der Waals surface area contributed by atoms with Crippen molar-refractivity contribution in [2.75, 3.05) is 42.9 Å². The number of imide groups is 2. The summed E-state index contributed by atoms with van der Waals surface area (Å²) in [5.74, 6) is -1.90. The minimum Gasteiger partial charge on any atom is -0.405 e. The first-order valence-corrected chi connectivity index (χ1v) is 18.5. The zero-order valence-corrected chi connectivity index (χ0v) is 30.9. The number of halogens is 3. The van der Waals surface area contributed by atoms with Crippen LogP contribution in [0.1, 0.15) is 77.3 Å². The molecule has 5 amide bonds. The average molecular weight is 774 g/mol. The number of nitrogens with one attached hydrogen (secondary N) is 2. The van der Waals surface area contributed by atoms with Crippen LogP contribution in [0.3, 0.4) is 0 Å². The average Bonchev–Trinajstić information content (AvgIpc) is 3.74. The molecule has 4 N–H and O–H groups in total. The van der Waals surface area contributed by atoms with Gasteiger partial charge in [0.15, 0.2) is 0 Å². The van der Waals surface area contributed by atoms with E-state index < -0.39 is 52.9 Å². The van der Waals surface area contributed by atoms with Crippen molar-refractivity contribution in [1.29, 1.82) is 0 Å². The van der Waals surface area contributed by atoms with Crippen LogP contribution in [-0.4, -0.2) is 94.1 Å². The van der Waals surface area contributed by atoms with E-state index in [1.165, 1.54) is 24.6 Å². The summed E-state index contributed by atoms with van der Waals surface area (Å²) < 4.78 is 41.7. The molecule has 0 radical (unpaired) electrons. The second-order valence-corrected chi connectivity index (χ2v) is 15.1. The van der Waals surface area contributed by atoms with E-state index in [4.69, 9.17) is 5.73 Å². The number of benzene rings is 2. The van der Waals surface area contributed by atoms with Gasteiger partial charge in [-0.15, -0.1) is 0 Å². The van der Waals surface area contributed by atoms with Gasteiger partial charge >= 0.3 is 6.18 Å². The van der Waals surface area contributed by atoms with Crippen LogP contribution >= 0.6 is 0 Å². The van der Waals surface area contributed by atoms with Crippen LogP contribution in [0.25, 0.3) is 0 Å². The van der Waals surface area contributed by atoms with Crippen molar-refractivity contribution < 1.29 is 37.1 Å². The highest BCUT2D eigenvalue weighted by Crippen LogP contribution is 2.37. The Morgan fingerprint density at radius 3 is 2.45 bits per heavy atom. The van der Waals surface area contributed by atoms with Crippen LogP contribution in [-0.2, 0) is 26.1 Å². The zero-order chi connectivity index (χ0) is 39.9. The third kappa shape index (κ3) is 7.54. The number of carbonyl (C=O) groups is 5. The van der Waals surface area contributed by atoms with Crippen molar-refractivity contribution in [3.05, 3.63) is 83.3 Å². The smallest absolute Gasteiger partial charge is 0.405 e. The van der Waals surface area contributed by atoms with Crippen molar-refractivity contribution in [2.45, 2.75) is 63.2 Å². The summed E-state index contributed by atoms with van der Waals surface area (Å²) in [6.07, 6.45) is 4.84. The van der Waals surface area contributed by atoms with Crippen molar-refractivity contribution in [2.24, 2.45) is 16.6 Å². The molecule has 1 atom stereocenters. The largest absolute Gasteiger partial charge is 0.416 e. The molecule has 294 valence electrons. The summed E-state index contributed by atoms with van der Waals surface area (Å²) in [7, 11) is 0. The normalized spacial score (nSPS) is 20.3. The molecule has 2 aromatic carbocycles. The predicted octanol–water partition coefficient (Wildman–Crippen LogP) is 4.17. The van der Waals surface area contributed by atoms with Gasteiger partial charge in [-0.2, -0.15) is 18.3 Å². The first-order valence-electron chi connectivity index (χ1n) is 18.5. The highest BCUT2D eigenvalue weighted by Gasteiger charge is 2.45. The zero-order valence-electron chi connectivity index (χ0n) is 30.9. The van der Waals surface area contributed by atoms with Crippen molar-refractivity contribution in [3.63, 3.8) is 0 Å². The summed E-state index contributed by atoms with van der Waals surface area (Å²) in [6, 6.07) is 7.12. The maximum atomic E-state index is 13.5. The lowest BCUT2D eigenvalue weighted by atomic mass is 9.90. The monoisotopic (exact) mass is 773 g/mol. The lowest BCUT2D eigenvalue weighted by molar-refractivity contribution is -0.138. The topological polar surface area (TPSA) is 175 Å². The number of hydrogen-bond donors (Lipinski definition) is 3. The van der Waals surface area contributed by atoms with E-state index in [9.17, 15) is 37.1 Å². The highest BCUT2D eigenvalue weighted by molar-refractivity contribution is 6.23. The minimum absolute atomic E-state index is 0.0669. The number of carbonyl (C=O) groups excluding carboxylic acids is 5. The van der Waals surface area contributed by atoms with E-state index in [1.807, 2.05) is 12.3 Å². The number of likely N-dealkylation sites (tertiary alicyclic amines) is 1. The molecule has 3 saturated heterocycles. The number of fused-ring (bicyclic) bond motifs is 1. The third-order valence-corrected chi connectivity index (χ3v) is 11.0. The number of aromatic nitrogens is 2. The molecule has 4 aliphatic heterocycles. The van der Waals surface area contributed by atoms with E-state index in [-0.39, 0.29) is 41.3 Å². The molecule has 0 spiro atoms. The molecule has 0 bridgehead atoms. The minimum atomic E-state index is -4.58. The van der Waals surface area contributed by atoms with Crippen molar-refractivity contribution in [1.82, 2.24) is 24.9 Å². The highest BCUT2D eigenvalue weighted by atomic mass is 19.4. The second kappa shape index (κ2) is 15.0. The van der Waals surface area contributed by atoms with E-state index >= 15 is 0 Å².